The van der Waals surface area contributed by atoms with Crippen molar-refractivity contribution in [1.29, 1.82) is 0 Å². The Labute approximate surface area is 121 Å². The fourth-order valence-electron chi connectivity index (χ4n) is 3.60. The molecule has 1 N–H and O–H groups in total. The number of carbonyl (C=O) groups is 1. The van der Waals surface area contributed by atoms with Crippen molar-refractivity contribution in [2.24, 2.45) is 5.92 Å². The molecule has 1 saturated heterocycles. The molecule has 0 unspecified atom stereocenters. The maximum atomic E-state index is 12.7. The molecule has 0 aromatic heterocycles. The van der Waals surface area contributed by atoms with Gasteiger partial charge in [-0.05, 0) is 50.3 Å². The molecule has 3 atom stereocenters. The number of rotatable bonds is 4. The summed E-state index contributed by atoms with van der Waals surface area (Å²) in [5, 5.41) is 3.21. The Bertz CT molecular complexity index is 500. The van der Waals surface area contributed by atoms with E-state index < -0.39 is 0 Å². The molecule has 1 heterocycles. The van der Waals surface area contributed by atoms with Crippen LogP contribution in [0.4, 0.5) is 0 Å². The van der Waals surface area contributed by atoms with E-state index in [2.05, 4.69) is 41.4 Å². The van der Waals surface area contributed by atoms with Gasteiger partial charge in [-0.25, -0.2) is 0 Å². The smallest absolute Gasteiger partial charge is 0.226 e. The zero-order chi connectivity index (χ0) is 14.1. The second-order valence-electron chi connectivity index (χ2n) is 6.19. The number of likely N-dealkylation sites (tertiary alicyclic amines) is 1. The summed E-state index contributed by atoms with van der Waals surface area (Å²) in [5.41, 5.74) is 2.69. The molecule has 3 nitrogen and oxygen atoms in total. The molecular formula is C17H24N2O. The quantitative estimate of drug-likeness (QED) is 0.912. The van der Waals surface area contributed by atoms with Crippen LogP contribution in [0.15, 0.2) is 24.3 Å². The van der Waals surface area contributed by atoms with E-state index >= 15 is 0 Å². The van der Waals surface area contributed by atoms with Gasteiger partial charge < -0.3 is 10.2 Å². The average molecular weight is 272 g/mol. The van der Waals surface area contributed by atoms with Gasteiger partial charge in [-0.15, -0.1) is 0 Å². The number of nitrogens with one attached hydrogen (secondary N) is 1. The number of carbonyl (C=O) groups excluding carboxylic acids is 1. The van der Waals surface area contributed by atoms with Gasteiger partial charge in [-0.1, -0.05) is 24.3 Å². The van der Waals surface area contributed by atoms with Crippen LogP contribution < -0.4 is 5.32 Å². The minimum Gasteiger partial charge on any atom is -0.338 e. The molecule has 0 spiro atoms. The van der Waals surface area contributed by atoms with E-state index in [-0.39, 0.29) is 5.92 Å². The lowest BCUT2D eigenvalue weighted by atomic mass is 10.0. The molecular weight excluding hydrogens is 248 g/mol. The van der Waals surface area contributed by atoms with Gasteiger partial charge in [0.2, 0.25) is 5.91 Å². The van der Waals surface area contributed by atoms with Crippen LogP contribution in [0.5, 0.6) is 0 Å². The number of hydrogen-bond acceptors (Lipinski definition) is 2. The Morgan fingerprint density at radius 2 is 2.20 bits per heavy atom. The summed E-state index contributed by atoms with van der Waals surface area (Å²) in [7, 11) is 1.97. The van der Waals surface area contributed by atoms with Gasteiger partial charge in [0.25, 0.3) is 0 Å². The third-order valence-electron chi connectivity index (χ3n) is 4.80. The van der Waals surface area contributed by atoms with E-state index in [9.17, 15) is 4.79 Å². The Morgan fingerprint density at radius 3 is 2.95 bits per heavy atom. The molecule has 1 amide bonds. The zero-order valence-electron chi connectivity index (χ0n) is 12.4. The monoisotopic (exact) mass is 272 g/mol. The van der Waals surface area contributed by atoms with Crippen molar-refractivity contribution in [3.05, 3.63) is 35.4 Å². The molecule has 1 aliphatic heterocycles. The van der Waals surface area contributed by atoms with Crippen LogP contribution in [0.1, 0.15) is 36.3 Å². The van der Waals surface area contributed by atoms with Crippen LogP contribution in [0.3, 0.4) is 0 Å². The third kappa shape index (κ3) is 2.47. The Hall–Kier alpha value is -1.35. The van der Waals surface area contributed by atoms with Crippen LogP contribution in [-0.4, -0.2) is 37.0 Å². The number of benzene rings is 1. The van der Waals surface area contributed by atoms with Crippen molar-refractivity contribution in [3.8, 4) is 0 Å². The minimum absolute atomic E-state index is 0.230. The number of likely N-dealkylation sites (N-methyl/N-ethyl adjacent to an activating group) is 1. The van der Waals surface area contributed by atoms with Crippen LogP contribution in [0.2, 0.25) is 0 Å². The highest BCUT2D eigenvalue weighted by atomic mass is 16.2. The Morgan fingerprint density at radius 1 is 1.40 bits per heavy atom. The molecule has 2 aliphatic rings. The van der Waals surface area contributed by atoms with Crippen molar-refractivity contribution in [1.82, 2.24) is 10.2 Å². The molecule has 1 saturated carbocycles. The predicted molar refractivity (Wildman–Crippen MR) is 80.7 cm³/mol. The molecule has 1 aliphatic carbocycles. The first-order valence-corrected chi connectivity index (χ1v) is 7.73. The summed E-state index contributed by atoms with van der Waals surface area (Å²) in [5.74, 6) is 1.07. The standard InChI is InChI=1S/C17H24N2O/c1-12-6-3-4-8-14(12)15-10-16(15)17(20)19-9-5-7-13(19)11-18-2/h3-4,6,8,13,15-16,18H,5,7,9-11H2,1-2H3/t13-,15+,16+/m0/s1. The summed E-state index contributed by atoms with van der Waals surface area (Å²) in [6.45, 7) is 4.02. The summed E-state index contributed by atoms with van der Waals surface area (Å²) in [4.78, 5) is 14.8. The lowest BCUT2D eigenvalue weighted by molar-refractivity contribution is -0.133. The molecule has 1 aromatic rings. The molecule has 3 rings (SSSR count). The highest BCUT2D eigenvalue weighted by Gasteiger charge is 2.47. The van der Waals surface area contributed by atoms with E-state index in [4.69, 9.17) is 0 Å². The molecule has 1 aromatic carbocycles. The first kappa shape index (κ1) is 13.6. The minimum atomic E-state index is 0.230. The van der Waals surface area contributed by atoms with Crippen molar-refractivity contribution in [3.63, 3.8) is 0 Å². The lowest BCUT2D eigenvalue weighted by Crippen LogP contribution is -2.41. The first-order valence-electron chi connectivity index (χ1n) is 7.73. The second kappa shape index (κ2) is 5.57. The third-order valence-corrected chi connectivity index (χ3v) is 4.80. The fourth-order valence-corrected chi connectivity index (χ4v) is 3.60. The van der Waals surface area contributed by atoms with Gasteiger partial charge in [-0.3, -0.25) is 4.79 Å². The van der Waals surface area contributed by atoms with E-state index in [1.165, 1.54) is 11.1 Å². The molecule has 2 fully saturated rings. The fraction of sp³-hybridized carbons (Fsp3) is 0.588. The molecule has 20 heavy (non-hydrogen) atoms. The topological polar surface area (TPSA) is 32.3 Å². The highest BCUT2D eigenvalue weighted by Crippen LogP contribution is 2.50. The van der Waals surface area contributed by atoms with Crippen LogP contribution in [-0.2, 0) is 4.79 Å². The molecule has 3 heteroatoms. The maximum absolute atomic E-state index is 12.7. The number of aryl methyl sites for hydroxylation is 1. The van der Waals surface area contributed by atoms with E-state index in [1.54, 1.807) is 0 Å². The van der Waals surface area contributed by atoms with Gasteiger partial charge in [-0.2, -0.15) is 0 Å². The van der Waals surface area contributed by atoms with Gasteiger partial charge >= 0.3 is 0 Å². The SMILES string of the molecule is CNC[C@@H]1CCCN1C(=O)[C@@H]1C[C@@H]1c1ccccc1C. The Kier molecular flexibility index (Phi) is 3.79. The second-order valence-corrected chi connectivity index (χ2v) is 6.19. The van der Waals surface area contributed by atoms with E-state index in [1.807, 2.05) is 7.05 Å². The van der Waals surface area contributed by atoms with E-state index in [0.29, 0.717) is 17.9 Å². The van der Waals surface area contributed by atoms with Gasteiger partial charge in [0.05, 0.1) is 0 Å². The summed E-state index contributed by atoms with van der Waals surface area (Å²) in [6.07, 6.45) is 3.33. The van der Waals surface area contributed by atoms with Crippen LogP contribution >= 0.6 is 0 Å². The van der Waals surface area contributed by atoms with Crippen LogP contribution in [0, 0.1) is 12.8 Å². The number of nitrogens with zero attached hydrogens (tertiary/aromatic N) is 1. The van der Waals surface area contributed by atoms with Crippen molar-refractivity contribution < 1.29 is 4.79 Å². The summed E-state index contributed by atoms with van der Waals surface area (Å²) >= 11 is 0. The van der Waals surface area contributed by atoms with Crippen molar-refractivity contribution in [2.75, 3.05) is 20.1 Å². The largest absolute Gasteiger partial charge is 0.338 e. The average Bonchev–Trinajstić information content (AvgIpc) is 3.10. The normalized spacial score (nSPS) is 28.7. The molecule has 108 valence electrons. The molecule has 0 bridgehead atoms. The summed E-state index contributed by atoms with van der Waals surface area (Å²) < 4.78 is 0. The number of hydrogen-bond donors (Lipinski definition) is 1. The van der Waals surface area contributed by atoms with Gasteiger partial charge in [0, 0.05) is 25.0 Å². The van der Waals surface area contributed by atoms with E-state index in [0.717, 1.165) is 32.4 Å². The predicted octanol–water partition coefficient (Wildman–Crippen LogP) is 2.31. The number of amides is 1. The van der Waals surface area contributed by atoms with Gasteiger partial charge in [0.15, 0.2) is 0 Å². The maximum Gasteiger partial charge on any atom is 0.226 e. The zero-order valence-corrected chi connectivity index (χ0v) is 12.4. The van der Waals surface area contributed by atoms with Crippen LogP contribution in [0.25, 0.3) is 0 Å². The highest BCUT2D eigenvalue weighted by molar-refractivity contribution is 5.83. The lowest BCUT2D eigenvalue weighted by Gasteiger charge is -2.24. The molecule has 0 radical (unpaired) electrons. The van der Waals surface area contributed by atoms with Crippen molar-refractivity contribution >= 4 is 5.91 Å². The first-order chi connectivity index (χ1) is 9.72. The summed E-state index contributed by atoms with van der Waals surface area (Å²) in [6, 6.07) is 8.89. The Balaban J connectivity index is 1.67. The van der Waals surface area contributed by atoms with Crippen molar-refractivity contribution in [2.45, 2.75) is 38.1 Å². The van der Waals surface area contributed by atoms with Gasteiger partial charge in [0.1, 0.15) is 0 Å².